The van der Waals surface area contributed by atoms with Gasteiger partial charge in [-0.3, -0.25) is 13.9 Å². The maximum Gasteiger partial charge on any atom is 0.242 e. The Hall–Kier alpha value is -2.87. The van der Waals surface area contributed by atoms with Gasteiger partial charge in [-0.15, -0.1) is 0 Å². The minimum Gasteiger partial charge on any atom is -0.352 e. The van der Waals surface area contributed by atoms with Gasteiger partial charge in [-0.1, -0.05) is 67.3 Å². The van der Waals surface area contributed by atoms with Crippen molar-refractivity contribution in [2.75, 3.05) is 17.1 Å². The number of aryl methyl sites for hydroxylation is 2. The van der Waals surface area contributed by atoms with E-state index in [1.807, 2.05) is 56.3 Å². The van der Waals surface area contributed by atoms with Gasteiger partial charge < -0.3 is 10.2 Å². The number of rotatable bonds is 11. The van der Waals surface area contributed by atoms with Crippen LogP contribution in [0.3, 0.4) is 0 Å². The van der Waals surface area contributed by atoms with E-state index in [4.69, 9.17) is 0 Å². The molecule has 7 nitrogen and oxygen atoms in total. The van der Waals surface area contributed by atoms with Gasteiger partial charge in [0.25, 0.3) is 0 Å². The van der Waals surface area contributed by atoms with Crippen LogP contribution in [0, 0.1) is 13.8 Å². The second kappa shape index (κ2) is 13.1. The lowest BCUT2D eigenvalue weighted by molar-refractivity contribution is -0.141. The fourth-order valence-corrected chi connectivity index (χ4v) is 5.89. The van der Waals surface area contributed by atoms with Crippen molar-refractivity contribution in [3.05, 3.63) is 65.2 Å². The molecule has 0 radical (unpaired) electrons. The van der Waals surface area contributed by atoms with Gasteiger partial charge in [-0.25, -0.2) is 8.42 Å². The highest BCUT2D eigenvalue weighted by molar-refractivity contribution is 7.92. The summed E-state index contributed by atoms with van der Waals surface area (Å²) >= 11 is 0. The van der Waals surface area contributed by atoms with Gasteiger partial charge in [0, 0.05) is 25.6 Å². The quantitative estimate of drug-likeness (QED) is 0.458. The van der Waals surface area contributed by atoms with Crippen molar-refractivity contribution < 1.29 is 18.0 Å². The van der Waals surface area contributed by atoms with Crippen LogP contribution >= 0.6 is 0 Å². The van der Waals surface area contributed by atoms with Crippen LogP contribution in [-0.4, -0.2) is 50.0 Å². The lowest BCUT2D eigenvalue weighted by Crippen LogP contribution is -2.50. The number of hydrogen-bond donors (Lipinski definition) is 1. The highest BCUT2D eigenvalue weighted by Crippen LogP contribution is 2.23. The Labute approximate surface area is 222 Å². The first-order valence-electron chi connectivity index (χ1n) is 13.2. The summed E-state index contributed by atoms with van der Waals surface area (Å²) in [6, 6.07) is 14.8. The van der Waals surface area contributed by atoms with Gasteiger partial charge >= 0.3 is 0 Å². The summed E-state index contributed by atoms with van der Waals surface area (Å²) in [5.74, 6) is -0.296. The number of carbonyl (C=O) groups excluding carboxylic acids is 2. The molecule has 0 saturated heterocycles. The maximum atomic E-state index is 13.5. The van der Waals surface area contributed by atoms with E-state index in [1.165, 1.54) is 17.0 Å². The molecule has 1 N–H and O–H groups in total. The Morgan fingerprint density at radius 1 is 1.00 bits per heavy atom. The van der Waals surface area contributed by atoms with Gasteiger partial charge in [0.05, 0.1) is 11.9 Å². The van der Waals surface area contributed by atoms with Crippen molar-refractivity contribution in [2.45, 2.75) is 84.3 Å². The third-order valence-corrected chi connectivity index (χ3v) is 8.31. The number of sulfonamides is 1. The van der Waals surface area contributed by atoms with Crippen molar-refractivity contribution in [1.29, 1.82) is 0 Å². The largest absolute Gasteiger partial charge is 0.352 e. The van der Waals surface area contributed by atoms with E-state index in [2.05, 4.69) is 5.32 Å². The Morgan fingerprint density at radius 2 is 1.65 bits per heavy atom. The molecule has 0 aromatic heterocycles. The third kappa shape index (κ3) is 8.32. The SMILES string of the molecule is Cc1ccc(CN(C(=O)CCCN(c2ccccc2C)S(C)(=O)=O)[C@H](C)C(=O)NC2CCCCC2)cc1. The van der Waals surface area contributed by atoms with Crippen LogP contribution in [0.2, 0.25) is 0 Å². The normalized spacial score (nSPS) is 15.1. The number of nitrogens with one attached hydrogen (secondary N) is 1. The molecule has 1 aliphatic carbocycles. The van der Waals surface area contributed by atoms with Crippen LogP contribution in [0.15, 0.2) is 48.5 Å². The van der Waals surface area contributed by atoms with Gasteiger partial charge in [0.15, 0.2) is 0 Å². The molecule has 0 unspecified atom stereocenters. The summed E-state index contributed by atoms with van der Waals surface area (Å²) in [5.41, 5.74) is 3.55. The Balaban J connectivity index is 1.71. The van der Waals surface area contributed by atoms with Crippen LogP contribution < -0.4 is 9.62 Å². The van der Waals surface area contributed by atoms with Crippen molar-refractivity contribution in [3.8, 4) is 0 Å². The van der Waals surface area contributed by atoms with Crippen molar-refractivity contribution in [1.82, 2.24) is 10.2 Å². The lowest BCUT2D eigenvalue weighted by atomic mass is 9.95. The molecule has 0 bridgehead atoms. The maximum absolute atomic E-state index is 13.5. The van der Waals surface area contributed by atoms with E-state index < -0.39 is 16.1 Å². The molecule has 0 heterocycles. The van der Waals surface area contributed by atoms with Gasteiger partial charge in [-0.2, -0.15) is 0 Å². The Bertz CT molecular complexity index is 1160. The first-order chi connectivity index (χ1) is 17.6. The standard InChI is InChI=1S/C29H41N3O4S/c1-22-16-18-25(19-17-22)21-31(24(3)29(34)30-26-12-6-5-7-13-26)28(33)15-10-20-32(37(4,35)36)27-14-9-8-11-23(27)2/h8-9,11,14,16-19,24,26H,5-7,10,12-13,15,20-21H2,1-4H3,(H,30,34)/t24-/m1/s1. The molecule has 0 spiro atoms. The molecule has 3 rings (SSSR count). The lowest BCUT2D eigenvalue weighted by Gasteiger charge is -2.31. The number of anilines is 1. The molecule has 1 saturated carbocycles. The minimum absolute atomic E-state index is 0.134. The monoisotopic (exact) mass is 527 g/mol. The summed E-state index contributed by atoms with van der Waals surface area (Å²) in [5, 5.41) is 3.15. The number of para-hydroxylation sites is 1. The molecule has 2 aromatic rings. The minimum atomic E-state index is -3.51. The summed E-state index contributed by atoms with van der Waals surface area (Å²) in [6.07, 6.45) is 7.06. The number of amides is 2. The number of benzene rings is 2. The summed E-state index contributed by atoms with van der Waals surface area (Å²) in [7, 11) is -3.51. The second-order valence-electron chi connectivity index (χ2n) is 10.3. The average molecular weight is 528 g/mol. The van der Waals surface area contributed by atoms with Crippen LogP contribution in [0.25, 0.3) is 0 Å². The zero-order valence-corrected chi connectivity index (χ0v) is 23.4. The zero-order chi connectivity index (χ0) is 27.0. The molecular formula is C29H41N3O4S. The van der Waals surface area contributed by atoms with Crippen molar-refractivity contribution in [3.63, 3.8) is 0 Å². The first-order valence-corrected chi connectivity index (χ1v) is 15.1. The number of hydrogen-bond acceptors (Lipinski definition) is 4. The molecule has 2 aromatic carbocycles. The molecule has 0 aliphatic heterocycles. The van der Waals surface area contributed by atoms with E-state index in [0.29, 0.717) is 18.7 Å². The Morgan fingerprint density at radius 3 is 2.27 bits per heavy atom. The van der Waals surface area contributed by atoms with Crippen molar-refractivity contribution >= 4 is 27.5 Å². The zero-order valence-electron chi connectivity index (χ0n) is 22.6. The van der Waals surface area contributed by atoms with Gasteiger partial charge in [0.1, 0.15) is 6.04 Å². The molecule has 1 fully saturated rings. The fourth-order valence-electron chi connectivity index (χ4n) is 4.87. The first kappa shape index (κ1) is 28.7. The van der Waals surface area contributed by atoms with Crippen LogP contribution in [0.1, 0.15) is 68.6 Å². The number of carbonyl (C=O) groups is 2. The summed E-state index contributed by atoms with van der Waals surface area (Å²) in [6.45, 7) is 6.17. The van der Waals surface area contributed by atoms with Crippen LogP contribution in [-0.2, 0) is 26.2 Å². The third-order valence-electron chi connectivity index (χ3n) is 7.13. The van der Waals surface area contributed by atoms with E-state index in [-0.39, 0.29) is 30.8 Å². The highest BCUT2D eigenvalue weighted by Gasteiger charge is 2.28. The second-order valence-corrected chi connectivity index (χ2v) is 12.2. The molecule has 1 aliphatic rings. The van der Waals surface area contributed by atoms with Gasteiger partial charge in [-0.05, 0) is 57.2 Å². The predicted molar refractivity (Wildman–Crippen MR) is 149 cm³/mol. The molecule has 8 heteroatoms. The van der Waals surface area contributed by atoms with E-state index >= 15 is 0 Å². The Kier molecular flexibility index (Phi) is 10.1. The highest BCUT2D eigenvalue weighted by atomic mass is 32.2. The molecule has 2 amide bonds. The summed E-state index contributed by atoms with van der Waals surface area (Å²) in [4.78, 5) is 28.2. The van der Waals surface area contributed by atoms with E-state index in [0.717, 1.165) is 42.4 Å². The summed E-state index contributed by atoms with van der Waals surface area (Å²) < 4.78 is 26.4. The van der Waals surface area contributed by atoms with Crippen molar-refractivity contribution in [2.24, 2.45) is 0 Å². The molecule has 1 atom stereocenters. The van der Waals surface area contributed by atoms with Gasteiger partial charge in [0.2, 0.25) is 21.8 Å². The van der Waals surface area contributed by atoms with Crippen LogP contribution in [0.5, 0.6) is 0 Å². The van der Waals surface area contributed by atoms with E-state index in [9.17, 15) is 18.0 Å². The average Bonchev–Trinajstić information content (AvgIpc) is 2.86. The topological polar surface area (TPSA) is 86.8 Å². The van der Waals surface area contributed by atoms with E-state index in [1.54, 1.807) is 17.9 Å². The molecule has 202 valence electrons. The van der Waals surface area contributed by atoms with Crippen LogP contribution in [0.4, 0.5) is 5.69 Å². The smallest absolute Gasteiger partial charge is 0.242 e. The predicted octanol–water partition coefficient (Wildman–Crippen LogP) is 4.72. The molecule has 37 heavy (non-hydrogen) atoms. The molecular weight excluding hydrogens is 486 g/mol. The number of nitrogens with zero attached hydrogens (tertiary/aromatic N) is 2. The fraction of sp³-hybridized carbons (Fsp3) is 0.517.